The van der Waals surface area contributed by atoms with Crippen molar-refractivity contribution in [1.29, 1.82) is 5.26 Å². The van der Waals surface area contributed by atoms with E-state index in [0.717, 1.165) is 39.7 Å². The van der Waals surface area contributed by atoms with E-state index < -0.39 is 0 Å². The summed E-state index contributed by atoms with van der Waals surface area (Å²) in [5.74, 6) is 5.31. The third-order valence-electron chi connectivity index (χ3n) is 12.8. The van der Waals surface area contributed by atoms with E-state index >= 15 is 0 Å². The fourth-order valence-corrected chi connectivity index (χ4v) is 11.0. The summed E-state index contributed by atoms with van der Waals surface area (Å²) in [6.07, 6.45) is 4.13. The molecule has 5 aliphatic rings. The van der Waals surface area contributed by atoms with E-state index in [-0.39, 0.29) is 5.41 Å². The smallest absolute Gasteiger partial charge is 0.164 e. The molecule has 0 N–H and O–H groups in total. The molecule has 4 atom stereocenters. The van der Waals surface area contributed by atoms with E-state index in [4.69, 9.17) is 15.0 Å². The normalized spacial score (nSPS) is 27.9. The third kappa shape index (κ3) is 3.06. The van der Waals surface area contributed by atoms with Gasteiger partial charge in [-0.1, -0.05) is 97.1 Å². The Bertz CT molecular complexity index is 2260. The van der Waals surface area contributed by atoms with E-state index in [0.29, 0.717) is 34.7 Å². The molecule has 5 aromatic carbocycles. The van der Waals surface area contributed by atoms with Crippen LogP contribution >= 0.6 is 0 Å². The topological polar surface area (TPSA) is 62.5 Å². The van der Waals surface area contributed by atoms with E-state index in [1.165, 1.54) is 47.1 Å². The van der Waals surface area contributed by atoms with Gasteiger partial charge in [0.25, 0.3) is 0 Å². The predicted octanol–water partition coefficient (Wildman–Crippen LogP) is 9.35. The van der Waals surface area contributed by atoms with Crippen molar-refractivity contribution in [3.63, 3.8) is 0 Å². The van der Waals surface area contributed by atoms with Crippen molar-refractivity contribution in [2.45, 2.75) is 24.7 Å². The maximum atomic E-state index is 9.87. The Morgan fingerprint density at radius 1 is 0.511 bits per heavy atom. The highest BCUT2D eigenvalue weighted by atomic mass is 15.0. The Kier molecular flexibility index (Phi) is 4.87. The zero-order chi connectivity index (χ0) is 30.9. The molecule has 222 valence electrons. The van der Waals surface area contributed by atoms with Crippen molar-refractivity contribution in [3.8, 4) is 62.5 Å². The average molecular weight is 603 g/mol. The average Bonchev–Trinajstić information content (AvgIpc) is 3.40. The molecule has 47 heavy (non-hydrogen) atoms. The zero-order valence-electron chi connectivity index (χ0n) is 25.8. The molecule has 1 aromatic heterocycles. The minimum Gasteiger partial charge on any atom is -0.208 e. The molecule has 6 aromatic rings. The molecule has 11 rings (SSSR count). The fourth-order valence-electron chi connectivity index (χ4n) is 11.0. The first kappa shape index (κ1) is 25.8. The number of nitriles is 1. The summed E-state index contributed by atoms with van der Waals surface area (Å²) in [6, 6.07) is 45.0. The van der Waals surface area contributed by atoms with E-state index in [9.17, 15) is 5.26 Å². The van der Waals surface area contributed by atoms with Crippen LogP contribution in [-0.4, -0.2) is 15.0 Å². The molecule has 0 aliphatic heterocycles. The van der Waals surface area contributed by atoms with Crippen LogP contribution in [0.2, 0.25) is 0 Å². The lowest BCUT2D eigenvalue weighted by Crippen LogP contribution is -2.88. The molecular formula is C43H30N4. The van der Waals surface area contributed by atoms with Gasteiger partial charge in [-0.2, -0.15) is 5.26 Å². The van der Waals surface area contributed by atoms with Crippen molar-refractivity contribution in [3.05, 3.63) is 138 Å². The van der Waals surface area contributed by atoms with Gasteiger partial charge in [-0.3, -0.25) is 0 Å². The number of rotatable bonds is 4. The second-order valence-corrected chi connectivity index (χ2v) is 14.3. The first-order valence-corrected chi connectivity index (χ1v) is 16.9. The van der Waals surface area contributed by atoms with Crippen molar-refractivity contribution in [2.75, 3.05) is 0 Å². The highest BCUT2D eigenvalue weighted by Gasteiger charge is 2.90. The second-order valence-electron chi connectivity index (χ2n) is 14.3. The highest BCUT2D eigenvalue weighted by molar-refractivity contribution is 5.87. The Morgan fingerprint density at radius 2 is 1.04 bits per heavy atom. The van der Waals surface area contributed by atoms with Crippen LogP contribution in [0.3, 0.4) is 0 Å². The fraction of sp³-hybridized carbons (Fsp3) is 0.209. The summed E-state index contributed by atoms with van der Waals surface area (Å²) in [5.41, 5.74) is 12.3. The van der Waals surface area contributed by atoms with Crippen LogP contribution in [0.5, 0.6) is 0 Å². The van der Waals surface area contributed by atoms with Gasteiger partial charge in [-0.15, -0.1) is 0 Å². The van der Waals surface area contributed by atoms with E-state index in [1.807, 2.05) is 66.7 Å². The number of nitrogens with zero attached hydrogens (tertiary/aromatic N) is 4. The van der Waals surface area contributed by atoms with Crippen LogP contribution in [0.4, 0.5) is 0 Å². The van der Waals surface area contributed by atoms with E-state index in [2.05, 4.69) is 60.7 Å². The summed E-state index contributed by atoms with van der Waals surface area (Å²) >= 11 is 0. The number of benzene rings is 5. The monoisotopic (exact) mass is 602 g/mol. The van der Waals surface area contributed by atoms with Crippen LogP contribution in [0.15, 0.2) is 121 Å². The molecule has 0 bridgehead atoms. The molecule has 0 saturated heterocycles. The Hall–Kier alpha value is -5.40. The lowest BCUT2D eigenvalue weighted by atomic mass is 9.11. The first-order chi connectivity index (χ1) is 23.2. The Labute approximate surface area is 273 Å². The molecule has 4 saturated carbocycles. The quantitative estimate of drug-likeness (QED) is 0.202. The van der Waals surface area contributed by atoms with Crippen LogP contribution in [0, 0.1) is 40.4 Å². The molecule has 4 fully saturated rings. The molecule has 4 heteroatoms. The van der Waals surface area contributed by atoms with Crippen molar-refractivity contribution >= 4 is 0 Å². The molecular weight excluding hydrogens is 573 g/mol. The maximum Gasteiger partial charge on any atom is 0.164 e. The molecule has 1 heterocycles. The van der Waals surface area contributed by atoms with Crippen molar-refractivity contribution in [1.82, 2.24) is 15.0 Å². The summed E-state index contributed by atoms with van der Waals surface area (Å²) in [7, 11) is 0. The lowest BCUT2D eigenvalue weighted by molar-refractivity contribution is -0.412. The SMILES string of the molecule is N#Cc1ccc2c(c1)C1(c3cc(-c4cccc(-c5nc(-c6ccccc6)nc(-c6ccccc6)n5)c4)ccc3-2)C2CC3CC4CC1C342. The number of aromatic nitrogens is 3. The largest absolute Gasteiger partial charge is 0.208 e. The van der Waals surface area contributed by atoms with Gasteiger partial charge in [0.1, 0.15) is 0 Å². The molecule has 5 aliphatic carbocycles. The van der Waals surface area contributed by atoms with Gasteiger partial charge in [0, 0.05) is 22.1 Å². The lowest BCUT2D eigenvalue weighted by Gasteiger charge is -2.92. The second kappa shape index (κ2) is 8.90. The zero-order valence-corrected chi connectivity index (χ0v) is 25.8. The summed E-state index contributed by atoms with van der Waals surface area (Å²) < 4.78 is 0. The van der Waals surface area contributed by atoms with Gasteiger partial charge in [0.05, 0.1) is 11.6 Å². The molecule has 0 amide bonds. The summed E-state index contributed by atoms with van der Waals surface area (Å²) in [6.45, 7) is 0. The van der Waals surface area contributed by atoms with Crippen LogP contribution in [-0.2, 0) is 5.41 Å². The number of hydrogen-bond donors (Lipinski definition) is 0. The van der Waals surface area contributed by atoms with Gasteiger partial charge in [0.2, 0.25) is 0 Å². The maximum absolute atomic E-state index is 9.87. The van der Waals surface area contributed by atoms with Crippen molar-refractivity contribution in [2.24, 2.45) is 29.1 Å². The number of fused-ring (bicyclic) bond motifs is 7. The summed E-state index contributed by atoms with van der Waals surface area (Å²) in [4.78, 5) is 14.9. The molecule has 4 nitrogen and oxygen atoms in total. The highest BCUT2D eigenvalue weighted by Crippen LogP contribution is 2.94. The molecule has 0 radical (unpaired) electrons. The number of hydrogen-bond acceptors (Lipinski definition) is 4. The third-order valence-corrected chi connectivity index (χ3v) is 12.8. The summed E-state index contributed by atoms with van der Waals surface area (Å²) in [5, 5.41) is 9.87. The predicted molar refractivity (Wildman–Crippen MR) is 183 cm³/mol. The molecule has 2 spiro atoms. The van der Waals surface area contributed by atoms with Gasteiger partial charge >= 0.3 is 0 Å². The van der Waals surface area contributed by atoms with Crippen LogP contribution in [0.25, 0.3) is 56.4 Å². The van der Waals surface area contributed by atoms with Gasteiger partial charge in [0.15, 0.2) is 17.5 Å². The van der Waals surface area contributed by atoms with Gasteiger partial charge < -0.3 is 0 Å². The van der Waals surface area contributed by atoms with E-state index in [1.54, 1.807) is 0 Å². The minimum absolute atomic E-state index is 0.0575. The van der Waals surface area contributed by atoms with Crippen LogP contribution in [0.1, 0.15) is 36.0 Å². The van der Waals surface area contributed by atoms with Gasteiger partial charge in [-0.25, -0.2) is 15.0 Å². The van der Waals surface area contributed by atoms with Gasteiger partial charge in [-0.05, 0) is 106 Å². The molecule has 4 unspecified atom stereocenters. The first-order valence-electron chi connectivity index (χ1n) is 16.9. The van der Waals surface area contributed by atoms with Crippen molar-refractivity contribution < 1.29 is 0 Å². The minimum atomic E-state index is 0.0575. The van der Waals surface area contributed by atoms with Crippen LogP contribution < -0.4 is 0 Å². The Balaban J connectivity index is 1.04. The standard InChI is InChI=1S/C43H30N4/c44-24-25-14-16-33-34-17-15-29(20-36(34)43(35(33)18-25)37-22-31-21-32-23-38(43)42(31,32)37)28-12-7-13-30(19-28)41-46-39(26-8-3-1-4-9-26)45-40(47-41)27-10-5-2-6-11-27/h1-20,31-32,37-38H,21-23H2. The Morgan fingerprint density at radius 3 is 1.66 bits per heavy atom.